The van der Waals surface area contributed by atoms with Gasteiger partial charge in [0.05, 0.1) is 11.5 Å². The normalized spacial score (nSPS) is 26.6. The van der Waals surface area contributed by atoms with Crippen LogP contribution in [0.2, 0.25) is 0 Å². The molecule has 0 aromatic heterocycles. The van der Waals surface area contributed by atoms with Gasteiger partial charge in [-0.2, -0.15) is 0 Å². The molecule has 9 heteroatoms. The summed E-state index contributed by atoms with van der Waals surface area (Å²) in [4.78, 5) is 53.9. The number of epoxide rings is 1. The monoisotopic (exact) mass is 654 g/mol. The lowest BCUT2D eigenvalue weighted by molar-refractivity contribution is -0.179. The third-order valence-electron chi connectivity index (χ3n) is 9.00. The van der Waals surface area contributed by atoms with Gasteiger partial charge in [-0.1, -0.05) is 99.6 Å². The van der Waals surface area contributed by atoms with Gasteiger partial charge in [-0.3, -0.25) is 14.4 Å². The fraction of sp³-hybridized carbons (Fsp3) is 0.436. The number of benzene rings is 3. The molecule has 48 heavy (non-hydrogen) atoms. The number of amides is 2. The molecule has 2 N–H and O–H groups in total. The van der Waals surface area contributed by atoms with E-state index in [-0.39, 0.29) is 49.9 Å². The van der Waals surface area contributed by atoms with Gasteiger partial charge in [0, 0.05) is 25.3 Å². The lowest BCUT2D eigenvalue weighted by atomic mass is 9.92. The van der Waals surface area contributed by atoms with Crippen molar-refractivity contribution in [1.82, 2.24) is 10.6 Å². The van der Waals surface area contributed by atoms with Crippen LogP contribution >= 0.6 is 0 Å². The van der Waals surface area contributed by atoms with E-state index < -0.39 is 47.4 Å². The average molecular weight is 655 g/mol. The highest BCUT2D eigenvalue weighted by Gasteiger charge is 2.48. The van der Waals surface area contributed by atoms with E-state index in [1.54, 1.807) is 19.9 Å². The summed E-state index contributed by atoms with van der Waals surface area (Å²) in [5, 5.41) is 7.77. The van der Waals surface area contributed by atoms with E-state index in [1.165, 1.54) is 6.08 Å². The molecule has 0 bridgehead atoms. The number of esters is 2. The van der Waals surface area contributed by atoms with E-state index in [0.717, 1.165) is 21.9 Å². The van der Waals surface area contributed by atoms with E-state index in [0.29, 0.717) is 0 Å². The maximum absolute atomic E-state index is 13.6. The summed E-state index contributed by atoms with van der Waals surface area (Å²) in [5.41, 5.74) is 0.742. The maximum atomic E-state index is 13.6. The Bertz CT molecular complexity index is 1650. The second-order valence-corrected chi connectivity index (χ2v) is 14.0. The van der Waals surface area contributed by atoms with E-state index in [1.807, 2.05) is 93.6 Å². The summed E-state index contributed by atoms with van der Waals surface area (Å²) in [6, 6.07) is 22.8. The molecule has 2 amide bonds. The van der Waals surface area contributed by atoms with E-state index in [9.17, 15) is 19.2 Å². The fourth-order valence-corrected chi connectivity index (χ4v) is 5.99. The number of cyclic esters (lactones) is 2. The Balaban J connectivity index is 1.40. The minimum atomic E-state index is -1.17. The number of nitrogens with one attached hydrogen (secondary N) is 2. The third kappa shape index (κ3) is 8.89. The molecular weight excluding hydrogens is 608 g/mol. The minimum Gasteiger partial charge on any atom is -0.459 e. The van der Waals surface area contributed by atoms with Crippen molar-refractivity contribution in [2.45, 2.75) is 84.3 Å². The molecule has 1 unspecified atom stereocenters. The minimum absolute atomic E-state index is 0.0355. The Morgan fingerprint density at radius 3 is 2.31 bits per heavy atom. The Hall–Kier alpha value is -4.50. The zero-order chi connectivity index (χ0) is 34.4. The number of carbonyl (C=O) groups excluding carboxylic acids is 4. The number of hydrogen-bond acceptors (Lipinski definition) is 7. The first kappa shape index (κ1) is 34.8. The van der Waals surface area contributed by atoms with Crippen LogP contribution in [0.4, 0.5) is 0 Å². The number of rotatable bonds is 7. The van der Waals surface area contributed by atoms with Crippen molar-refractivity contribution in [1.29, 1.82) is 0 Å². The number of carbonyl (C=O) groups is 4. The van der Waals surface area contributed by atoms with Gasteiger partial charge in [0.15, 0.2) is 6.10 Å². The Morgan fingerprint density at radius 1 is 0.875 bits per heavy atom. The highest BCUT2D eigenvalue weighted by molar-refractivity contribution is 5.93. The van der Waals surface area contributed by atoms with Crippen molar-refractivity contribution in [3.8, 4) is 0 Å². The van der Waals surface area contributed by atoms with Gasteiger partial charge in [-0.25, -0.2) is 4.79 Å². The lowest BCUT2D eigenvalue weighted by Crippen LogP contribution is -2.51. The average Bonchev–Trinajstić information content (AvgIpc) is 3.87. The van der Waals surface area contributed by atoms with Gasteiger partial charge in [0.2, 0.25) is 11.8 Å². The van der Waals surface area contributed by atoms with Crippen LogP contribution in [0.3, 0.4) is 0 Å². The molecule has 5 rings (SSSR count). The number of ether oxygens (including phenoxy) is 3. The van der Waals surface area contributed by atoms with Gasteiger partial charge in [0.25, 0.3) is 0 Å². The van der Waals surface area contributed by atoms with Crippen LogP contribution in [0.15, 0.2) is 84.9 Å². The molecule has 2 heterocycles. The molecule has 1 fully saturated rings. The highest BCUT2D eigenvalue weighted by atomic mass is 16.6. The first-order valence-electron chi connectivity index (χ1n) is 16.8. The predicted octanol–water partition coefficient (Wildman–Crippen LogP) is 5.62. The maximum Gasteiger partial charge on any atom is 0.347 e. The molecule has 6 atom stereocenters. The van der Waals surface area contributed by atoms with Crippen molar-refractivity contribution in [2.24, 2.45) is 17.3 Å². The smallest absolute Gasteiger partial charge is 0.347 e. The standard InChI is InChI=1S/C39H46N2O7/c1-24(2)20-32-37(44)46-31(25(3)34-35(48-34)28-13-7-6-8-14-28)16-11-17-33(42)41-30(36(43)40-23-39(4,5)38(45)47-32)22-26-18-19-27-12-9-10-15-29(27)21-26/h6-15,17-19,21,24-25,30-32,34-35H,16,20,22-23H2,1-5H3,(H,40,43)(H,41,42)/b17-11+/t25-,30+,31-,32?,34-,35-/m0/s1. The first-order valence-corrected chi connectivity index (χ1v) is 16.8. The molecule has 3 aromatic rings. The first-order chi connectivity index (χ1) is 22.9. The Kier molecular flexibility index (Phi) is 11.0. The van der Waals surface area contributed by atoms with Crippen LogP contribution < -0.4 is 10.6 Å². The number of fused-ring (bicyclic) bond motifs is 1. The van der Waals surface area contributed by atoms with Gasteiger partial charge in [0.1, 0.15) is 18.2 Å². The van der Waals surface area contributed by atoms with Gasteiger partial charge >= 0.3 is 11.9 Å². The summed E-state index contributed by atoms with van der Waals surface area (Å²) in [5.74, 6) is -2.36. The number of hydrogen-bond donors (Lipinski definition) is 2. The van der Waals surface area contributed by atoms with Crippen LogP contribution in [0.5, 0.6) is 0 Å². The summed E-state index contributed by atoms with van der Waals surface area (Å²) in [7, 11) is 0. The van der Waals surface area contributed by atoms with Crippen LogP contribution in [0.25, 0.3) is 10.8 Å². The molecule has 0 spiro atoms. The van der Waals surface area contributed by atoms with Crippen molar-refractivity contribution >= 4 is 34.5 Å². The molecule has 254 valence electrons. The zero-order valence-corrected chi connectivity index (χ0v) is 28.3. The molecular formula is C39H46N2O7. The molecule has 0 radical (unpaired) electrons. The van der Waals surface area contributed by atoms with Crippen LogP contribution in [-0.4, -0.2) is 54.7 Å². The molecule has 0 aliphatic carbocycles. The molecule has 3 aromatic carbocycles. The van der Waals surface area contributed by atoms with Gasteiger partial charge in [-0.15, -0.1) is 0 Å². The molecule has 1 saturated heterocycles. The largest absolute Gasteiger partial charge is 0.459 e. The summed E-state index contributed by atoms with van der Waals surface area (Å²) >= 11 is 0. The van der Waals surface area contributed by atoms with Crippen molar-refractivity contribution < 1.29 is 33.4 Å². The molecule has 2 aliphatic rings. The lowest BCUT2D eigenvalue weighted by Gasteiger charge is -2.29. The van der Waals surface area contributed by atoms with Crippen LogP contribution in [0.1, 0.15) is 64.7 Å². The molecule has 0 saturated carbocycles. The second kappa shape index (κ2) is 15.2. The second-order valence-electron chi connectivity index (χ2n) is 14.0. The van der Waals surface area contributed by atoms with Crippen LogP contribution in [-0.2, 0) is 39.8 Å². The summed E-state index contributed by atoms with van der Waals surface area (Å²) in [6.07, 6.45) is 1.63. The van der Waals surface area contributed by atoms with Crippen molar-refractivity contribution in [2.75, 3.05) is 6.54 Å². The fourth-order valence-electron chi connectivity index (χ4n) is 5.99. The quantitative estimate of drug-likeness (QED) is 0.251. The third-order valence-corrected chi connectivity index (χ3v) is 9.00. The van der Waals surface area contributed by atoms with E-state index >= 15 is 0 Å². The molecule has 2 aliphatic heterocycles. The summed E-state index contributed by atoms with van der Waals surface area (Å²) < 4.78 is 17.9. The Morgan fingerprint density at radius 2 is 1.58 bits per heavy atom. The zero-order valence-electron chi connectivity index (χ0n) is 28.3. The van der Waals surface area contributed by atoms with E-state index in [4.69, 9.17) is 14.2 Å². The van der Waals surface area contributed by atoms with Crippen molar-refractivity contribution in [3.63, 3.8) is 0 Å². The SMILES string of the molecule is CC(C)CC1OC(=O)C(C)(C)CNC(=O)[C@@H](Cc2ccc3ccccc3c2)NC(=O)/C=C/C[C@@H]([C@H](C)[C@@H]2O[C@H]2c2ccccc2)OC1=O. The Labute approximate surface area is 282 Å². The van der Waals surface area contributed by atoms with E-state index in [2.05, 4.69) is 10.6 Å². The van der Waals surface area contributed by atoms with Gasteiger partial charge < -0.3 is 24.8 Å². The topological polar surface area (TPSA) is 123 Å². The molecule has 9 nitrogen and oxygen atoms in total. The van der Waals surface area contributed by atoms with Crippen LogP contribution in [0, 0.1) is 17.3 Å². The van der Waals surface area contributed by atoms with Crippen molar-refractivity contribution in [3.05, 3.63) is 96.1 Å². The summed E-state index contributed by atoms with van der Waals surface area (Å²) in [6.45, 7) is 9.06. The predicted molar refractivity (Wildman–Crippen MR) is 183 cm³/mol. The van der Waals surface area contributed by atoms with Gasteiger partial charge in [-0.05, 0) is 54.2 Å². The highest BCUT2D eigenvalue weighted by Crippen LogP contribution is 2.45.